The molecule has 0 unspecified atom stereocenters. The van der Waals surface area contributed by atoms with Gasteiger partial charge in [-0.2, -0.15) is 5.10 Å². The third kappa shape index (κ3) is 2.55. The molecule has 150 valence electrons. The normalized spacial score (nSPS) is 19.1. The van der Waals surface area contributed by atoms with Crippen LogP contribution >= 0.6 is 0 Å². The maximum absolute atomic E-state index is 13.3. The first-order valence-corrected chi connectivity index (χ1v) is 10.3. The zero-order chi connectivity index (χ0) is 20.2. The molecule has 6 rings (SSSR count). The van der Waals surface area contributed by atoms with Gasteiger partial charge >= 0.3 is 0 Å². The quantitative estimate of drug-likeness (QED) is 0.543. The molecule has 2 aliphatic heterocycles. The van der Waals surface area contributed by atoms with Gasteiger partial charge in [0.25, 0.3) is 0 Å². The lowest BCUT2D eigenvalue weighted by molar-refractivity contribution is -0.136. The van der Waals surface area contributed by atoms with Crippen molar-refractivity contribution in [1.29, 1.82) is 0 Å². The Hall–Kier alpha value is -3.61. The Morgan fingerprint density at radius 2 is 1.80 bits per heavy atom. The van der Waals surface area contributed by atoms with Crippen molar-refractivity contribution in [2.75, 3.05) is 18.0 Å². The molecular weight excluding hydrogens is 378 g/mol. The highest BCUT2D eigenvalue weighted by Crippen LogP contribution is 2.32. The molecule has 2 aromatic heterocycles. The SMILES string of the molecule is O=C([C@H]1CC(=O)N(c2n[nH]c3ccccc23)C1)N1CCc2c([nH]c3ccccc23)C1. The summed E-state index contributed by atoms with van der Waals surface area (Å²) in [6.07, 6.45) is 1.07. The van der Waals surface area contributed by atoms with E-state index in [1.54, 1.807) is 4.90 Å². The summed E-state index contributed by atoms with van der Waals surface area (Å²) in [6.45, 7) is 1.63. The fraction of sp³-hybridized carbons (Fsp3) is 0.261. The molecule has 0 aliphatic carbocycles. The number of aromatic amines is 2. The minimum Gasteiger partial charge on any atom is -0.357 e. The van der Waals surface area contributed by atoms with Crippen LogP contribution in [-0.4, -0.2) is 45.0 Å². The highest BCUT2D eigenvalue weighted by Gasteiger charge is 2.39. The number of nitrogens with one attached hydrogen (secondary N) is 2. The van der Waals surface area contributed by atoms with E-state index in [4.69, 9.17) is 0 Å². The van der Waals surface area contributed by atoms with E-state index in [-0.39, 0.29) is 24.2 Å². The van der Waals surface area contributed by atoms with E-state index < -0.39 is 0 Å². The van der Waals surface area contributed by atoms with Crippen molar-refractivity contribution >= 4 is 39.4 Å². The monoisotopic (exact) mass is 399 g/mol. The number of H-pyrrole nitrogens is 2. The molecule has 1 atom stereocenters. The molecule has 30 heavy (non-hydrogen) atoms. The molecule has 4 aromatic rings. The van der Waals surface area contributed by atoms with Crippen molar-refractivity contribution in [2.24, 2.45) is 5.92 Å². The van der Waals surface area contributed by atoms with Gasteiger partial charge in [-0.3, -0.25) is 19.6 Å². The molecule has 2 aliphatic rings. The zero-order valence-corrected chi connectivity index (χ0v) is 16.4. The zero-order valence-electron chi connectivity index (χ0n) is 16.4. The van der Waals surface area contributed by atoms with Crippen LogP contribution in [0.2, 0.25) is 0 Å². The van der Waals surface area contributed by atoms with E-state index in [0.717, 1.165) is 28.5 Å². The average Bonchev–Trinajstić information content (AvgIpc) is 3.47. The van der Waals surface area contributed by atoms with E-state index in [0.29, 0.717) is 25.5 Å². The Balaban J connectivity index is 1.23. The van der Waals surface area contributed by atoms with Gasteiger partial charge in [0, 0.05) is 41.5 Å². The lowest BCUT2D eigenvalue weighted by atomic mass is 10.0. The number of fused-ring (bicyclic) bond motifs is 4. The highest BCUT2D eigenvalue weighted by molar-refractivity contribution is 6.05. The smallest absolute Gasteiger partial charge is 0.229 e. The van der Waals surface area contributed by atoms with Crippen LogP contribution in [0.3, 0.4) is 0 Å². The summed E-state index contributed by atoms with van der Waals surface area (Å²) in [4.78, 5) is 33.0. The highest BCUT2D eigenvalue weighted by atomic mass is 16.2. The van der Waals surface area contributed by atoms with Crippen molar-refractivity contribution in [2.45, 2.75) is 19.4 Å². The predicted octanol–water partition coefficient (Wildman–Crippen LogP) is 2.98. The summed E-state index contributed by atoms with van der Waals surface area (Å²) in [5.74, 6) is 0.283. The average molecular weight is 399 g/mol. The van der Waals surface area contributed by atoms with Crippen LogP contribution in [0.25, 0.3) is 21.8 Å². The first-order chi connectivity index (χ1) is 14.7. The van der Waals surface area contributed by atoms with Gasteiger partial charge in [0.05, 0.1) is 18.0 Å². The topological polar surface area (TPSA) is 85.1 Å². The number of hydrogen-bond acceptors (Lipinski definition) is 3. The molecule has 7 nitrogen and oxygen atoms in total. The van der Waals surface area contributed by atoms with Gasteiger partial charge < -0.3 is 9.88 Å². The number of benzene rings is 2. The van der Waals surface area contributed by atoms with Crippen LogP contribution < -0.4 is 4.90 Å². The maximum Gasteiger partial charge on any atom is 0.229 e. The molecule has 7 heteroatoms. The van der Waals surface area contributed by atoms with E-state index in [2.05, 4.69) is 27.3 Å². The van der Waals surface area contributed by atoms with E-state index in [1.165, 1.54) is 10.9 Å². The number of nitrogens with zero attached hydrogens (tertiary/aromatic N) is 3. The Morgan fingerprint density at radius 3 is 2.67 bits per heavy atom. The number of anilines is 1. The second kappa shape index (κ2) is 6.45. The van der Waals surface area contributed by atoms with E-state index in [9.17, 15) is 9.59 Å². The fourth-order valence-corrected chi connectivity index (χ4v) is 4.87. The molecule has 2 amide bonds. The molecule has 0 radical (unpaired) electrons. The molecule has 1 saturated heterocycles. The molecule has 1 fully saturated rings. The first-order valence-electron chi connectivity index (χ1n) is 10.3. The van der Waals surface area contributed by atoms with Crippen LogP contribution in [0, 0.1) is 5.92 Å². The summed E-state index contributed by atoms with van der Waals surface area (Å²) < 4.78 is 0. The number of hydrogen-bond donors (Lipinski definition) is 2. The minimum absolute atomic E-state index is 0.0473. The van der Waals surface area contributed by atoms with Gasteiger partial charge in [-0.15, -0.1) is 0 Å². The number of amides is 2. The van der Waals surface area contributed by atoms with Gasteiger partial charge in [0.2, 0.25) is 11.8 Å². The second-order valence-electron chi connectivity index (χ2n) is 8.14. The van der Waals surface area contributed by atoms with Gasteiger partial charge in [-0.25, -0.2) is 0 Å². The minimum atomic E-state index is -0.334. The van der Waals surface area contributed by atoms with E-state index in [1.807, 2.05) is 41.3 Å². The standard InChI is InChI=1S/C23H21N5O2/c29-21-11-14(12-28(21)22-17-6-2-4-8-19(17)25-26-22)23(30)27-10-9-16-15-5-1-3-7-18(15)24-20(16)13-27/h1-8,14,24H,9-13H2,(H,25,26)/t14-/m0/s1. The van der Waals surface area contributed by atoms with Crippen LogP contribution in [0.4, 0.5) is 5.82 Å². The van der Waals surface area contributed by atoms with Crippen molar-refractivity contribution in [3.05, 3.63) is 59.8 Å². The molecule has 2 aromatic carbocycles. The third-order valence-corrected chi connectivity index (χ3v) is 6.37. The summed E-state index contributed by atoms with van der Waals surface area (Å²) in [7, 11) is 0. The molecule has 4 heterocycles. The van der Waals surface area contributed by atoms with Crippen LogP contribution in [0.15, 0.2) is 48.5 Å². The summed E-state index contributed by atoms with van der Waals surface area (Å²) >= 11 is 0. The summed E-state index contributed by atoms with van der Waals surface area (Å²) in [5, 5.41) is 9.46. The Bertz CT molecular complexity index is 1300. The molecular formula is C23H21N5O2. The van der Waals surface area contributed by atoms with E-state index >= 15 is 0 Å². The van der Waals surface area contributed by atoms with Crippen molar-refractivity contribution in [1.82, 2.24) is 20.1 Å². The number of carbonyl (C=O) groups is 2. The fourth-order valence-electron chi connectivity index (χ4n) is 4.87. The first kappa shape index (κ1) is 17.3. The number of para-hydroxylation sites is 2. The Labute approximate surface area is 172 Å². The van der Waals surface area contributed by atoms with Crippen molar-refractivity contribution < 1.29 is 9.59 Å². The predicted molar refractivity (Wildman–Crippen MR) is 114 cm³/mol. The summed E-state index contributed by atoms with van der Waals surface area (Å²) in [6, 6.07) is 16.0. The summed E-state index contributed by atoms with van der Waals surface area (Å²) in [5.41, 5.74) is 4.42. The lowest BCUT2D eigenvalue weighted by Gasteiger charge is -2.29. The van der Waals surface area contributed by atoms with Gasteiger partial charge in [0.1, 0.15) is 0 Å². The Kier molecular flexibility index (Phi) is 3.71. The van der Waals surface area contributed by atoms with Crippen LogP contribution in [-0.2, 0) is 22.6 Å². The molecule has 2 N–H and O–H groups in total. The van der Waals surface area contributed by atoms with Crippen molar-refractivity contribution in [3.8, 4) is 0 Å². The van der Waals surface area contributed by atoms with Crippen LogP contribution in [0.1, 0.15) is 17.7 Å². The molecule has 0 spiro atoms. The molecule has 0 bridgehead atoms. The lowest BCUT2D eigenvalue weighted by Crippen LogP contribution is -2.40. The number of carbonyl (C=O) groups excluding carboxylic acids is 2. The molecule has 0 saturated carbocycles. The Morgan fingerprint density at radius 1 is 1.03 bits per heavy atom. The van der Waals surface area contributed by atoms with Gasteiger partial charge in [0.15, 0.2) is 5.82 Å². The van der Waals surface area contributed by atoms with Crippen LogP contribution in [0.5, 0.6) is 0 Å². The largest absolute Gasteiger partial charge is 0.357 e. The van der Waals surface area contributed by atoms with Gasteiger partial charge in [-0.05, 0) is 30.2 Å². The van der Waals surface area contributed by atoms with Crippen molar-refractivity contribution in [3.63, 3.8) is 0 Å². The van der Waals surface area contributed by atoms with Gasteiger partial charge in [-0.1, -0.05) is 30.3 Å². The second-order valence-corrected chi connectivity index (χ2v) is 8.14. The third-order valence-electron chi connectivity index (χ3n) is 6.37. The number of rotatable bonds is 2. The number of aromatic nitrogens is 3. The maximum atomic E-state index is 13.3.